The third-order valence-electron chi connectivity index (χ3n) is 3.61. The SMILES string of the molecule is O=CCc1csc(-c2nc3cc4ccccc4cc3[nH]c2=O)n1. The Bertz CT molecular complexity index is 1100. The van der Waals surface area contributed by atoms with E-state index in [-0.39, 0.29) is 17.7 Å². The van der Waals surface area contributed by atoms with Crippen LogP contribution in [0.1, 0.15) is 5.69 Å². The topological polar surface area (TPSA) is 75.7 Å². The van der Waals surface area contributed by atoms with Crippen LogP contribution in [0, 0.1) is 0 Å². The number of H-pyrrole nitrogens is 1. The summed E-state index contributed by atoms with van der Waals surface area (Å²) in [5.74, 6) is 0. The molecule has 0 fully saturated rings. The highest BCUT2D eigenvalue weighted by atomic mass is 32.1. The van der Waals surface area contributed by atoms with E-state index in [0.29, 0.717) is 21.7 Å². The number of nitrogens with zero attached hydrogens (tertiary/aromatic N) is 2. The van der Waals surface area contributed by atoms with Crippen molar-refractivity contribution in [2.24, 2.45) is 0 Å². The number of hydrogen-bond donors (Lipinski definition) is 1. The van der Waals surface area contributed by atoms with Crippen LogP contribution in [0.2, 0.25) is 0 Å². The predicted octanol–water partition coefficient (Wildman–Crippen LogP) is 2.94. The molecule has 0 aliphatic heterocycles. The zero-order chi connectivity index (χ0) is 15.8. The van der Waals surface area contributed by atoms with Gasteiger partial charge in [0.25, 0.3) is 5.56 Å². The first-order valence-corrected chi connectivity index (χ1v) is 7.94. The Labute approximate surface area is 134 Å². The predicted molar refractivity (Wildman–Crippen MR) is 90.7 cm³/mol. The van der Waals surface area contributed by atoms with Crippen molar-refractivity contribution in [2.45, 2.75) is 6.42 Å². The van der Waals surface area contributed by atoms with Crippen molar-refractivity contribution in [1.29, 1.82) is 0 Å². The monoisotopic (exact) mass is 321 g/mol. The summed E-state index contributed by atoms with van der Waals surface area (Å²) in [4.78, 5) is 34.5. The van der Waals surface area contributed by atoms with Crippen LogP contribution < -0.4 is 5.56 Å². The van der Waals surface area contributed by atoms with Crippen molar-refractivity contribution in [3.8, 4) is 10.7 Å². The van der Waals surface area contributed by atoms with E-state index in [0.717, 1.165) is 17.1 Å². The molecule has 0 amide bonds. The fraction of sp³-hybridized carbons (Fsp3) is 0.0588. The number of aromatic nitrogens is 3. The number of nitrogens with one attached hydrogen (secondary N) is 1. The van der Waals surface area contributed by atoms with Gasteiger partial charge in [-0.15, -0.1) is 11.3 Å². The molecule has 0 bridgehead atoms. The van der Waals surface area contributed by atoms with Crippen molar-refractivity contribution >= 4 is 39.4 Å². The van der Waals surface area contributed by atoms with Gasteiger partial charge in [-0.3, -0.25) is 4.79 Å². The van der Waals surface area contributed by atoms with Gasteiger partial charge in [0.2, 0.25) is 0 Å². The quantitative estimate of drug-likeness (QED) is 0.465. The van der Waals surface area contributed by atoms with Gasteiger partial charge in [-0.05, 0) is 22.9 Å². The van der Waals surface area contributed by atoms with Crippen LogP contribution in [0.25, 0.3) is 32.5 Å². The molecule has 0 unspecified atom stereocenters. The van der Waals surface area contributed by atoms with Gasteiger partial charge < -0.3 is 9.78 Å². The summed E-state index contributed by atoms with van der Waals surface area (Å²) in [5.41, 5.74) is 2.07. The number of carbonyl (C=O) groups excluding carboxylic acids is 1. The lowest BCUT2D eigenvalue weighted by Gasteiger charge is -2.03. The molecular formula is C17H11N3O2S. The Balaban J connectivity index is 1.92. The third-order valence-corrected chi connectivity index (χ3v) is 4.50. The van der Waals surface area contributed by atoms with Gasteiger partial charge in [-0.1, -0.05) is 24.3 Å². The Hall–Kier alpha value is -2.86. The summed E-state index contributed by atoms with van der Waals surface area (Å²) in [6.07, 6.45) is 1.04. The first-order chi connectivity index (χ1) is 11.2. The number of rotatable bonds is 3. The van der Waals surface area contributed by atoms with Gasteiger partial charge in [0.15, 0.2) is 5.69 Å². The number of aldehydes is 1. The molecule has 0 radical (unpaired) electrons. The number of aromatic amines is 1. The molecule has 2 aromatic heterocycles. The lowest BCUT2D eigenvalue weighted by atomic mass is 10.1. The molecule has 2 aromatic carbocycles. The Kier molecular flexibility index (Phi) is 3.24. The highest BCUT2D eigenvalue weighted by Crippen LogP contribution is 2.23. The summed E-state index contributed by atoms with van der Waals surface area (Å²) < 4.78 is 0. The fourth-order valence-corrected chi connectivity index (χ4v) is 3.33. The Morgan fingerprint density at radius 3 is 2.70 bits per heavy atom. The van der Waals surface area contributed by atoms with Crippen LogP contribution in [-0.2, 0) is 11.2 Å². The molecule has 0 saturated carbocycles. The number of fused-ring (bicyclic) bond motifs is 2. The molecule has 0 saturated heterocycles. The average molecular weight is 321 g/mol. The zero-order valence-electron chi connectivity index (χ0n) is 11.9. The molecule has 112 valence electrons. The van der Waals surface area contributed by atoms with Crippen molar-refractivity contribution in [2.75, 3.05) is 0 Å². The van der Waals surface area contributed by atoms with Crippen molar-refractivity contribution in [3.63, 3.8) is 0 Å². The van der Waals surface area contributed by atoms with Gasteiger partial charge in [0.05, 0.1) is 16.7 Å². The summed E-state index contributed by atoms with van der Waals surface area (Å²) in [6, 6.07) is 11.8. The minimum atomic E-state index is -0.278. The van der Waals surface area contributed by atoms with Gasteiger partial charge in [-0.2, -0.15) is 0 Å². The van der Waals surface area contributed by atoms with E-state index in [1.165, 1.54) is 11.3 Å². The van der Waals surface area contributed by atoms with Crippen LogP contribution in [0.15, 0.2) is 46.6 Å². The van der Waals surface area contributed by atoms with Crippen molar-refractivity contribution in [1.82, 2.24) is 15.0 Å². The number of hydrogen-bond acceptors (Lipinski definition) is 5. The summed E-state index contributed by atoms with van der Waals surface area (Å²) in [7, 11) is 0. The Morgan fingerprint density at radius 1 is 1.13 bits per heavy atom. The smallest absolute Gasteiger partial charge is 0.277 e. The van der Waals surface area contributed by atoms with Gasteiger partial charge in [0, 0.05) is 11.8 Å². The minimum Gasteiger partial charge on any atom is -0.319 e. The van der Waals surface area contributed by atoms with Crippen LogP contribution in [0.3, 0.4) is 0 Å². The molecule has 5 nitrogen and oxygen atoms in total. The molecule has 4 aromatic rings. The molecule has 0 aliphatic carbocycles. The van der Waals surface area contributed by atoms with Crippen molar-refractivity contribution < 1.29 is 4.79 Å². The average Bonchev–Trinajstić information content (AvgIpc) is 3.01. The van der Waals surface area contributed by atoms with E-state index >= 15 is 0 Å². The van der Waals surface area contributed by atoms with E-state index in [9.17, 15) is 9.59 Å². The molecule has 0 spiro atoms. The maximum absolute atomic E-state index is 12.3. The molecule has 1 N–H and O–H groups in total. The van der Waals surface area contributed by atoms with E-state index in [1.807, 2.05) is 36.4 Å². The van der Waals surface area contributed by atoms with Crippen LogP contribution in [0.5, 0.6) is 0 Å². The lowest BCUT2D eigenvalue weighted by Crippen LogP contribution is -2.11. The van der Waals surface area contributed by atoms with Crippen LogP contribution in [0.4, 0.5) is 0 Å². The minimum absolute atomic E-state index is 0.243. The van der Waals surface area contributed by atoms with Crippen molar-refractivity contribution in [3.05, 3.63) is 57.8 Å². The fourth-order valence-electron chi connectivity index (χ4n) is 2.51. The molecule has 23 heavy (non-hydrogen) atoms. The largest absolute Gasteiger partial charge is 0.319 e. The number of thiazole rings is 1. The highest BCUT2D eigenvalue weighted by Gasteiger charge is 2.12. The Morgan fingerprint density at radius 2 is 1.91 bits per heavy atom. The van der Waals surface area contributed by atoms with Gasteiger partial charge in [-0.25, -0.2) is 9.97 Å². The number of carbonyl (C=O) groups is 1. The first-order valence-electron chi connectivity index (χ1n) is 7.06. The first kappa shape index (κ1) is 13.8. The van der Waals surface area contributed by atoms with E-state index in [4.69, 9.17) is 0 Å². The van der Waals surface area contributed by atoms with Gasteiger partial charge in [0.1, 0.15) is 11.3 Å². The zero-order valence-corrected chi connectivity index (χ0v) is 12.8. The molecule has 6 heteroatoms. The van der Waals surface area contributed by atoms with E-state index in [2.05, 4.69) is 15.0 Å². The molecule has 2 heterocycles. The van der Waals surface area contributed by atoms with E-state index in [1.54, 1.807) is 5.38 Å². The second kappa shape index (κ2) is 5.40. The molecular weight excluding hydrogens is 310 g/mol. The molecule has 0 atom stereocenters. The molecule has 0 aliphatic rings. The second-order valence-electron chi connectivity index (χ2n) is 5.15. The maximum Gasteiger partial charge on any atom is 0.277 e. The van der Waals surface area contributed by atoms with Crippen LogP contribution in [-0.4, -0.2) is 21.2 Å². The third kappa shape index (κ3) is 2.43. The maximum atomic E-state index is 12.3. The standard InChI is InChI=1S/C17H11N3O2S/c21-6-5-12-9-23-17(18-12)15-16(22)20-14-8-11-4-2-1-3-10(11)7-13(14)19-15/h1-4,6-9H,5H2,(H,20,22). The highest BCUT2D eigenvalue weighted by molar-refractivity contribution is 7.13. The summed E-state index contributed by atoms with van der Waals surface area (Å²) in [6.45, 7) is 0. The number of benzene rings is 2. The van der Waals surface area contributed by atoms with Crippen LogP contribution >= 0.6 is 11.3 Å². The second-order valence-corrected chi connectivity index (χ2v) is 6.00. The van der Waals surface area contributed by atoms with E-state index < -0.39 is 0 Å². The molecule has 4 rings (SSSR count). The normalized spacial score (nSPS) is 11.1. The summed E-state index contributed by atoms with van der Waals surface area (Å²) >= 11 is 1.32. The lowest BCUT2D eigenvalue weighted by molar-refractivity contribution is -0.107. The summed E-state index contributed by atoms with van der Waals surface area (Å²) in [5, 5.41) is 4.41. The van der Waals surface area contributed by atoms with Gasteiger partial charge >= 0.3 is 0 Å².